The molecule has 7 unspecified atom stereocenters. The number of allylic oxidation sites excluding steroid dienone is 13. The van der Waals surface area contributed by atoms with E-state index in [2.05, 4.69) is 92.1 Å². The summed E-state index contributed by atoms with van der Waals surface area (Å²) >= 11 is 0. The minimum Gasteiger partial charge on any atom is -0.394 e. The van der Waals surface area contributed by atoms with E-state index >= 15 is 0 Å². The SMILES string of the molecule is CC/C=C\C/C=C\C/C=C\C/C=C\C/C=C\CCCCCCCCCCCCCCCCCCCCCCCC(=O)NC(COC1OC(CO)C(O)C(O)C1O)C(O)/C=C/CC/C=C/CCCCCCCCCCCCCCCCCCCCCCCCC. The van der Waals surface area contributed by atoms with Crippen LogP contribution < -0.4 is 5.32 Å². The van der Waals surface area contributed by atoms with Crippen molar-refractivity contribution in [1.29, 1.82) is 0 Å². The first kappa shape index (κ1) is 84.4. The number of hydrogen-bond acceptors (Lipinski definition) is 8. The molecule has 1 saturated heterocycles. The van der Waals surface area contributed by atoms with Crippen LogP contribution >= 0.6 is 0 Å². The summed E-state index contributed by atoms with van der Waals surface area (Å²) in [4.78, 5) is 13.2. The van der Waals surface area contributed by atoms with Crippen LogP contribution in [-0.2, 0) is 14.3 Å². The lowest BCUT2D eigenvalue weighted by Gasteiger charge is -2.40. The molecule has 0 aromatic carbocycles. The Labute approximate surface area is 550 Å². The first-order chi connectivity index (χ1) is 43.8. The minimum atomic E-state index is -1.58. The number of carbonyl (C=O) groups excluding carboxylic acids is 1. The van der Waals surface area contributed by atoms with E-state index < -0.39 is 49.5 Å². The van der Waals surface area contributed by atoms with Crippen LogP contribution in [0, 0.1) is 0 Å². The van der Waals surface area contributed by atoms with Crippen molar-refractivity contribution in [3.63, 3.8) is 0 Å². The number of aliphatic hydroxyl groups is 5. The molecule has 0 aromatic heterocycles. The first-order valence-electron chi connectivity index (χ1n) is 38.3. The van der Waals surface area contributed by atoms with Gasteiger partial charge in [-0.2, -0.15) is 0 Å². The molecule has 1 heterocycles. The minimum absolute atomic E-state index is 0.182. The van der Waals surface area contributed by atoms with E-state index in [9.17, 15) is 30.3 Å². The molecule has 6 N–H and O–H groups in total. The Morgan fingerprint density at radius 3 is 1.08 bits per heavy atom. The molecule has 89 heavy (non-hydrogen) atoms. The van der Waals surface area contributed by atoms with Crippen molar-refractivity contribution in [2.45, 2.75) is 403 Å². The molecule has 1 fully saturated rings. The Morgan fingerprint density at radius 1 is 0.393 bits per heavy atom. The molecule has 1 aliphatic heterocycles. The smallest absolute Gasteiger partial charge is 0.220 e. The van der Waals surface area contributed by atoms with Crippen LogP contribution in [0.5, 0.6) is 0 Å². The van der Waals surface area contributed by atoms with Crippen molar-refractivity contribution >= 4 is 5.91 Å². The van der Waals surface area contributed by atoms with E-state index in [1.54, 1.807) is 6.08 Å². The number of nitrogens with one attached hydrogen (secondary N) is 1. The van der Waals surface area contributed by atoms with Gasteiger partial charge in [-0.3, -0.25) is 4.79 Å². The van der Waals surface area contributed by atoms with E-state index in [4.69, 9.17) is 9.47 Å². The van der Waals surface area contributed by atoms with Gasteiger partial charge in [0, 0.05) is 6.42 Å². The van der Waals surface area contributed by atoms with Crippen molar-refractivity contribution in [3.8, 4) is 0 Å². The summed E-state index contributed by atoms with van der Waals surface area (Å²) in [6.07, 6.45) is 91.5. The number of ether oxygens (including phenoxy) is 2. The van der Waals surface area contributed by atoms with Gasteiger partial charge in [0.1, 0.15) is 24.4 Å². The van der Waals surface area contributed by atoms with Gasteiger partial charge in [0.25, 0.3) is 0 Å². The lowest BCUT2D eigenvalue weighted by molar-refractivity contribution is -0.302. The fraction of sp³-hybridized carbons (Fsp3) is 0.812. The summed E-state index contributed by atoms with van der Waals surface area (Å²) in [6, 6.07) is -0.826. The Balaban J connectivity index is 2.10. The molecule has 1 aliphatic rings. The highest BCUT2D eigenvalue weighted by molar-refractivity contribution is 5.76. The molecular formula is C80H145NO8. The highest BCUT2D eigenvalue weighted by Gasteiger charge is 2.44. The zero-order valence-electron chi connectivity index (χ0n) is 58.2. The molecule has 0 radical (unpaired) electrons. The van der Waals surface area contributed by atoms with Crippen molar-refractivity contribution < 1.29 is 39.8 Å². The Kier molecular flexibility index (Phi) is 64.7. The van der Waals surface area contributed by atoms with Gasteiger partial charge in [0.05, 0.1) is 25.4 Å². The standard InChI is InChI=1S/C80H145NO8/c1-3-5-7-9-11-13-15-17-19-21-23-25-27-29-31-33-34-35-36-37-38-39-40-42-44-46-48-50-52-54-56-58-60-62-64-66-68-70-76(84)81-73(72-88-80-79(87)78(86)77(85)75(71-82)89-80)74(83)69-67-65-63-61-59-57-55-53-51-49-47-45-43-41-32-30-28-26-24-22-20-18-16-14-12-10-8-6-4-2/h5,7,11,13,17,19,23,25,29,31,59,61,67,69,73-75,77-80,82-83,85-87H,3-4,6,8-10,12,14-16,18,20-22,24,26-28,30,32-58,60,62-66,68,70-72H2,1-2H3,(H,81,84)/b7-5-,13-11-,19-17-,25-23-,31-29-,61-59+,69-67+. The van der Waals surface area contributed by atoms with Crippen molar-refractivity contribution in [2.75, 3.05) is 13.2 Å². The molecule has 0 aliphatic carbocycles. The van der Waals surface area contributed by atoms with Crippen LogP contribution in [0.3, 0.4) is 0 Å². The maximum absolute atomic E-state index is 13.2. The van der Waals surface area contributed by atoms with Gasteiger partial charge in [-0.15, -0.1) is 0 Å². The molecule has 9 nitrogen and oxygen atoms in total. The number of amides is 1. The molecule has 7 atom stereocenters. The average Bonchev–Trinajstić information content (AvgIpc) is 2.28. The van der Waals surface area contributed by atoms with Crippen LogP contribution in [-0.4, -0.2) is 87.5 Å². The van der Waals surface area contributed by atoms with Crippen molar-refractivity contribution in [3.05, 3.63) is 85.1 Å². The summed E-state index contributed by atoms with van der Waals surface area (Å²) in [5.74, 6) is -0.182. The van der Waals surface area contributed by atoms with E-state index in [1.807, 2.05) is 6.08 Å². The monoisotopic (exact) mass is 1250 g/mol. The highest BCUT2D eigenvalue weighted by atomic mass is 16.7. The molecule has 0 saturated carbocycles. The van der Waals surface area contributed by atoms with Crippen LogP contribution in [0.4, 0.5) is 0 Å². The normalized spacial score (nSPS) is 18.3. The van der Waals surface area contributed by atoms with Gasteiger partial charge >= 0.3 is 0 Å². The summed E-state index contributed by atoms with van der Waals surface area (Å²) in [7, 11) is 0. The molecule has 9 heteroatoms. The van der Waals surface area contributed by atoms with Gasteiger partial charge in [0.2, 0.25) is 5.91 Å². The molecular weight excluding hydrogens is 1100 g/mol. The average molecular weight is 1250 g/mol. The van der Waals surface area contributed by atoms with Gasteiger partial charge in [-0.1, -0.05) is 362 Å². The maximum Gasteiger partial charge on any atom is 0.220 e. The number of carbonyl (C=O) groups is 1. The maximum atomic E-state index is 13.2. The second-order valence-corrected chi connectivity index (χ2v) is 26.4. The number of rotatable bonds is 67. The lowest BCUT2D eigenvalue weighted by Crippen LogP contribution is -2.60. The fourth-order valence-electron chi connectivity index (χ4n) is 12.0. The number of aliphatic hydroxyl groups excluding tert-OH is 5. The van der Waals surface area contributed by atoms with Crippen molar-refractivity contribution in [2.24, 2.45) is 0 Å². The molecule has 518 valence electrons. The molecule has 1 rings (SSSR count). The molecule has 0 aromatic rings. The van der Waals surface area contributed by atoms with E-state index in [-0.39, 0.29) is 12.5 Å². The zero-order chi connectivity index (χ0) is 64.2. The summed E-state index contributed by atoms with van der Waals surface area (Å²) < 4.78 is 11.3. The van der Waals surface area contributed by atoms with E-state index in [0.717, 1.165) is 70.6 Å². The van der Waals surface area contributed by atoms with E-state index in [1.165, 1.54) is 270 Å². The number of hydrogen-bond donors (Lipinski definition) is 6. The van der Waals surface area contributed by atoms with E-state index in [0.29, 0.717) is 6.42 Å². The quantitative estimate of drug-likeness (QED) is 0.0261. The molecule has 0 spiro atoms. The second kappa shape index (κ2) is 68.2. The predicted molar refractivity (Wildman–Crippen MR) is 382 cm³/mol. The summed E-state index contributed by atoms with van der Waals surface area (Å²) in [6.45, 7) is 3.70. The van der Waals surface area contributed by atoms with Crippen LogP contribution in [0.25, 0.3) is 0 Å². The fourth-order valence-corrected chi connectivity index (χ4v) is 12.0. The highest BCUT2D eigenvalue weighted by Crippen LogP contribution is 2.24. The largest absolute Gasteiger partial charge is 0.394 e. The van der Waals surface area contributed by atoms with Crippen LogP contribution in [0.2, 0.25) is 0 Å². The summed E-state index contributed by atoms with van der Waals surface area (Å²) in [5, 5.41) is 54.8. The lowest BCUT2D eigenvalue weighted by atomic mass is 9.99. The Morgan fingerprint density at radius 2 is 0.708 bits per heavy atom. The first-order valence-corrected chi connectivity index (χ1v) is 38.3. The van der Waals surface area contributed by atoms with Crippen molar-refractivity contribution in [1.82, 2.24) is 5.32 Å². The topological polar surface area (TPSA) is 149 Å². The van der Waals surface area contributed by atoms with Gasteiger partial charge < -0.3 is 40.3 Å². The van der Waals surface area contributed by atoms with Gasteiger partial charge in [-0.05, 0) is 77.0 Å². The third-order valence-corrected chi connectivity index (χ3v) is 18.0. The Bertz CT molecular complexity index is 1690. The molecule has 1 amide bonds. The van der Waals surface area contributed by atoms with Gasteiger partial charge in [0.15, 0.2) is 6.29 Å². The summed E-state index contributed by atoms with van der Waals surface area (Å²) in [5.41, 5.74) is 0. The Hall–Kier alpha value is -2.63. The van der Waals surface area contributed by atoms with Crippen LogP contribution in [0.1, 0.15) is 361 Å². The number of unbranched alkanes of at least 4 members (excludes halogenated alkanes) is 45. The third kappa shape index (κ3) is 56.6. The zero-order valence-corrected chi connectivity index (χ0v) is 58.2. The van der Waals surface area contributed by atoms with Gasteiger partial charge in [-0.25, -0.2) is 0 Å². The second-order valence-electron chi connectivity index (χ2n) is 26.4. The predicted octanol–water partition coefficient (Wildman–Crippen LogP) is 21.6. The third-order valence-electron chi connectivity index (χ3n) is 18.0. The molecule has 0 bridgehead atoms. The van der Waals surface area contributed by atoms with Crippen LogP contribution in [0.15, 0.2) is 85.1 Å².